The molecule has 1 saturated heterocycles. The number of nitrogens with zero attached hydrogens (tertiary/aromatic N) is 1. The number of hydrogen-bond donors (Lipinski definition) is 1. The SMILES string of the molecule is COc1ccc(CNC2CC(=O)N(C)C2=O)c(F)c1. The van der Waals surface area contributed by atoms with Crippen LogP contribution in [0, 0.1) is 5.82 Å². The minimum Gasteiger partial charge on any atom is -0.497 e. The first-order chi connectivity index (χ1) is 9.02. The van der Waals surface area contributed by atoms with Gasteiger partial charge in [-0.3, -0.25) is 14.5 Å². The van der Waals surface area contributed by atoms with Gasteiger partial charge in [-0.2, -0.15) is 0 Å². The van der Waals surface area contributed by atoms with Crippen LogP contribution in [-0.2, 0) is 16.1 Å². The summed E-state index contributed by atoms with van der Waals surface area (Å²) in [5, 5.41) is 2.89. The normalized spacial score (nSPS) is 19.1. The van der Waals surface area contributed by atoms with E-state index >= 15 is 0 Å². The summed E-state index contributed by atoms with van der Waals surface area (Å²) in [4.78, 5) is 24.1. The molecule has 1 fully saturated rings. The van der Waals surface area contributed by atoms with Crippen LogP contribution in [0.2, 0.25) is 0 Å². The number of methoxy groups -OCH3 is 1. The third-order valence-corrected chi connectivity index (χ3v) is 3.18. The quantitative estimate of drug-likeness (QED) is 0.814. The van der Waals surface area contributed by atoms with Crippen molar-refractivity contribution in [2.24, 2.45) is 0 Å². The second kappa shape index (κ2) is 5.36. The zero-order valence-electron chi connectivity index (χ0n) is 10.8. The molecular formula is C13H15FN2O3. The zero-order chi connectivity index (χ0) is 14.0. The molecule has 6 heteroatoms. The first-order valence-electron chi connectivity index (χ1n) is 5.89. The van der Waals surface area contributed by atoms with Crippen molar-refractivity contribution in [3.8, 4) is 5.75 Å². The molecule has 19 heavy (non-hydrogen) atoms. The number of hydrogen-bond acceptors (Lipinski definition) is 4. The Morgan fingerprint density at radius 3 is 2.74 bits per heavy atom. The average molecular weight is 266 g/mol. The molecular weight excluding hydrogens is 251 g/mol. The molecule has 0 spiro atoms. The minimum atomic E-state index is -0.570. The third kappa shape index (κ3) is 2.73. The summed E-state index contributed by atoms with van der Waals surface area (Å²) >= 11 is 0. The van der Waals surface area contributed by atoms with Gasteiger partial charge in [0.25, 0.3) is 0 Å². The molecule has 0 bridgehead atoms. The first kappa shape index (κ1) is 13.5. The van der Waals surface area contributed by atoms with Crippen LogP contribution in [0.15, 0.2) is 18.2 Å². The van der Waals surface area contributed by atoms with Gasteiger partial charge >= 0.3 is 0 Å². The molecule has 1 heterocycles. The zero-order valence-corrected chi connectivity index (χ0v) is 10.8. The number of ether oxygens (including phenoxy) is 1. The second-order valence-corrected chi connectivity index (χ2v) is 4.39. The average Bonchev–Trinajstić information content (AvgIpc) is 2.65. The fourth-order valence-electron chi connectivity index (χ4n) is 1.95. The summed E-state index contributed by atoms with van der Waals surface area (Å²) in [6, 6.07) is 3.95. The van der Waals surface area contributed by atoms with E-state index in [9.17, 15) is 14.0 Å². The first-order valence-corrected chi connectivity index (χ1v) is 5.89. The van der Waals surface area contributed by atoms with Crippen LogP contribution in [0.1, 0.15) is 12.0 Å². The molecule has 0 radical (unpaired) electrons. The molecule has 1 aliphatic heterocycles. The molecule has 2 rings (SSSR count). The molecule has 0 aliphatic carbocycles. The van der Waals surface area contributed by atoms with Gasteiger partial charge < -0.3 is 10.1 Å². The van der Waals surface area contributed by atoms with E-state index in [-0.39, 0.29) is 24.8 Å². The molecule has 1 aromatic rings. The van der Waals surface area contributed by atoms with E-state index in [2.05, 4.69) is 5.32 Å². The Balaban J connectivity index is 2.00. The van der Waals surface area contributed by atoms with Gasteiger partial charge in [-0.15, -0.1) is 0 Å². The predicted molar refractivity (Wildman–Crippen MR) is 66.0 cm³/mol. The summed E-state index contributed by atoms with van der Waals surface area (Å²) in [5.74, 6) is -0.471. The van der Waals surface area contributed by atoms with Gasteiger partial charge in [0.2, 0.25) is 11.8 Å². The largest absolute Gasteiger partial charge is 0.497 e. The fraction of sp³-hybridized carbons (Fsp3) is 0.385. The highest BCUT2D eigenvalue weighted by Gasteiger charge is 2.35. The molecule has 102 valence electrons. The van der Waals surface area contributed by atoms with E-state index < -0.39 is 11.9 Å². The summed E-state index contributed by atoms with van der Waals surface area (Å²) < 4.78 is 18.6. The van der Waals surface area contributed by atoms with Crippen molar-refractivity contribution < 1.29 is 18.7 Å². The summed E-state index contributed by atoms with van der Waals surface area (Å²) in [6.45, 7) is 0.188. The van der Waals surface area contributed by atoms with Crippen LogP contribution in [0.3, 0.4) is 0 Å². The summed E-state index contributed by atoms with van der Waals surface area (Å²) in [7, 11) is 2.91. The van der Waals surface area contributed by atoms with E-state index in [1.54, 1.807) is 12.1 Å². The van der Waals surface area contributed by atoms with Gasteiger partial charge in [0.05, 0.1) is 19.6 Å². The molecule has 2 amide bonds. The van der Waals surface area contributed by atoms with E-state index in [4.69, 9.17) is 4.74 Å². The maximum atomic E-state index is 13.7. The van der Waals surface area contributed by atoms with Gasteiger partial charge in [-0.05, 0) is 6.07 Å². The number of carbonyl (C=O) groups is 2. The predicted octanol–water partition coefficient (Wildman–Crippen LogP) is 0.681. The number of halogens is 1. The molecule has 5 nitrogen and oxygen atoms in total. The number of imide groups is 1. The maximum absolute atomic E-state index is 13.7. The Hall–Kier alpha value is -1.95. The van der Waals surface area contributed by atoms with Gasteiger partial charge in [-0.1, -0.05) is 6.07 Å². The maximum Gasteiger partial charge on any atom is 0.246 e. The lowest BCUT2D eigenvalue weighted by Crippen LogP contribution is -2.36. The number of nitrogens with one attached hydrogen (secondary N) is 1. The van der Waals surface area contributed by atoms with Crippen LogP contribution < -0.4 is 10.1 Å². The molecule has 1 atom stereocenters. The number of rotatable bonds is 4. The monoisotopic (exact) mass is 266 g/mol. The number of carbonyl (C=O) groups excluding carboxylic acids is 2. The van der Waals surface area contributed by atoms with Gasteiger partial charge in [0, 0.05) is 25.2 Å². The summed E-state index contributed by atoms with van der Waals surface area (Å²) in [6.07, 6.45) is 0.118. The van der Waals surface area contributed by atoms with E-state index in [1.165, 1.54) is 20.2 Å². The molecule has 1 aromatic carbocycles. The molecule has 1 N–H and O–H groups in total. The minimum absolute atomic E-state index is 0.118. The Kier molecular flexibility index (Phi) is 3.80. The van der Waals surface area contributed by atoms with Gasteiger partial charge in [-0.25, -0.2) is 4.39 Å². The van der Waals surface area contributed by atoms with E-state index in [1.807, 2.05) is 0 Å². The Labute approximate surface area is 110 Å². The van der Waals surface area contributed by atoms with Crippen LogP contribution in [0.5, 0.6) is 5.75 Å². The van der Waals surface area contributed by atoms with Crippen molar-refractivity contribution in [3.05, 3.63) is 29.6 Å². The van der Waals surface area contributed by atoms with Crippen LogP contribution in [-0.4, -0.2) is 36.9 Å². The van der Waals surface area contributed by atoms with Gasteiger partial charge in [0.1, 0.15) is 11.6 Å². The second-order valence-electron chi connectivity index (χ2n) is 4.39. The van der Waals surface area contributed by atoms with Crippen molar-refractivity contribution >= 4 is 11.8 Å². The Morgan fingerprint density at radius 1 is 1.47 bits per heavy atom. The molecule has 0 saturated carbocycles. The van der Waals surface area contributed by atoms with Crippen LogP contribution in [0.4, 0.5) is 4.39 Å². The lowest BCUT2D eigenvalue weighted by atomic mass is 10.1. The highest BCUT2D eigenvalue weighted by atomic mass is 19.1. The molecule has 0 aromatic heterocycles. The lowest BCUT2D eigenvalue weighted by molar-refractivity contribution is -0.137. The van der Waals surface area contributed by atoms with Gasteiger partial charge in [0.15, 0.2) is 0 Å². The smallest absolute Gasteiger partial charge is 0.246 e. The van der Waals surface area contributed by atoms with Crippen molar-refractivity contribution in [2.45, 2.75) is 19.0 Å². The van der Waals surface area contributed by atoms with E-state index in [0.717, 1.165) is 4.90 Å². The summed E-state index contributed by atoms with van der Waals surface area (Å²) in [5.41, 5.74) is 0.426. The van der Waals surface area contributed by atoms with Crippen LogP contribution in [0.25, 0.3) is 0 Å². The Morgan fingerprint density at radius 2 is 2.21 bits per heavy atom. The number of amides is 2. The van der Waals surface area contributed by atoms with Crippen molar-refractivity contribution in [2.75, 3.05) is 14.2 Å². The van der Waals surface area contributed by atoms with E-state index in [0.29, 0.717) is 11.3 Å². The molecule has 1 aliphatic rings. The standard InChI is InChI=1S/C13H15FN2O3/c1-16-12(17)6-11(13(16)18)15-7-8-3-4-9(19-2)5-10(8)14/h3-5,11,15H,6-7H2,1-2H3. The number of likely N-dealkylation sites (tertiary alicyclic amines) is 1. The lowest BCUT2D eigenvalue weighted by Gasteiger charge is -2.12. The fourth-order valence-corrected chi connectivity index (χ4v) is 1.95. The topological polar surface area (TPSA) is 58.6 Å². The van der Waals surface area contributed by atoms with Crippen LogP contribution >= 0.6 is 0 Å². The highest BCUT2D eigenvalue weighted by Crippen LogP contribution is 2.17. The highest BCUT2D eigenvalue weighted by molar-refractivity contribution is 6.05. The Bertz CT molecular complexity index is 519. The third-order valence-electron chi connectivity index (χ3n) is 3.18. The van der Waals surface area contributed by atoms with Crippen molar-refractivity contribution in [1.29, 1.82) is 0 Å². The number of benzene rings is 1. The number of likely N-dealkylation sites (N-methyl/N-ethyl adjacent to an activating group) is 1. The van der Waals surface area contributed by atoms with Crippen molar-refractivity contribution in [1.82, 2.24) is 10.2 Å². The molecule has 1 unspecified atom stereocenters. The van der Waals surface area contributed by atoms with Crippen molar-refractivity contribution in [3.63, 3.8) is 0 Å².